The molecule has 0 saturated carbocycles. The van der Waals surface area contributed by atoms with Crippen LogP contribution in [0.4, 0.5) is 18.9 Å². The Morgan fingerprint density at radius 3 is 2.50 bits per heavy atom. The van der Waals surface area contributed by atoms with E-state index in [9.17, 15) is 28.3 Å². The lowest BCUT2D eigenvalue weighted by Gasteiger charge is -2.16. The average Bonchev–Trinajstić information content (AvgIpc) is 2.60. The van der Waals surface area contributed by atoms with E-state index in [1.807, 2.05) is 0 Å². The van der Waals surface area contributed by atoms with Gasteiger partial charge < -0.3 is 10.4 Å². The summed E-state index contributed by atoms with van der Waals surface area (Å²) >= 11 is 0. The highest BCUT2D eigenvalue weighted by Crippen LogP contribution is 2.33. The molecular weight excluding hydrogens is 349 g/mol. The van der Waals surface area contributed by atoms with Gasteiger partial charge in [-0.3, -0.25) is 9.36 Å². The third kappa shape index (κ3) is 2.61. The van der Waals surface area contributed by atoms with E-state index in [0.29, 0.717) is 0 Å². The van der Waals surface area contributed by atoms with Crippen LogP contribution in [0.2, 0.25) is 0 Å². The van der Waals surface area contributed by atoms with Crippen LogP contribution in [0.25, 0.3) is 16.7 Å². The molecule has 26 heavy (non-hydrogen) atoms. The number of pyridine rings is 2. The van der Waals surface area contributed by atoms with Crippen molar-refractivity contribution in [2.45, 2.75) is 6.18 Å². The van der Waals surface area contributed by atoms with Gasteiger partial charge >= 0.3 is 6.18 Å². The maximum Gasteiger partial charge on any atom is 0.433 e. The largest absolute Gasteiger partial charge is 0.506 e. The Labute approximate surface area is 144 Å². The second-order valence-electron chi connectivity index (χ2n) is 5.31. The Hall–Kier alpha value is -3.54. The van der Waals surface area contributed by atoms with Gasteiger partial charge in [-0.15, -0.1) is 0 Å². The molecule has 9 heteroatoms. The molecule has 0 aliphatic heterocycles. The summed E-state index contributed by atoms with van der Waals surface area (Å²) in [5, 5.41) is 22.2. The number of phenols is 1. The second kappa shape index (κ2) is 6.07. The van der Waals surface area contributed by atoms with Crippen LogP contribution in [0.1, 0.15) is 11.3 Å². The number of para-hydroxylation sites is 2. The van der Waals surface area contributed by atoms with E-state index >= 15 is 0 Å². The number of aromatic nitrogens is 2. The second-order valence-corrected chi connectivity index (χ2v) is 5.31. The van der Waals surface area contributed by atoms with Gasteiger partial charge in [-0.05, 0) is 24.3 Å². The number of nitriles is 1. The maximum absolute atomic E-state index is 13.1. The average molecular weight is 360 g/mol. The molecule has 0 saturated heterocycles. The summed E-state index contributed by atoms with van der Waals surface area (Å²) in [5.74, 6) is -0.337. The molecule has 0 bridgehead atoms. The molecule has 6 nitrogen and oxygen atoms in total. The number of rotatable bonds is 2. The molecule has 1 aromatic carbocycles. The van der Waals surface area contributed by atoms with Crippen molar-refractivity contribution in [3.05, 3.63) is 58.0 Å². The number of alkyl halides is 3. The van der Waals surface area contributed by atoms with Gasteiger partial charge in [0.05, 0.1) is 11.4 Å². The van der Waals surface area contributed by atoms with Gasteiger partial charge in [0.1, 0.15) is 28.7 Å². The SMILES string of the molecule is CNc1c(C#N)c(=O)n(-c2ccccc2O)c2nc(C(F)(F)F)ccc12. The number of nitrogens with zero attached hydrogens (tertiary/aromatic N) is 3. The van der Waals surface area contributed by atoms with Crippen LogP contribution in [0.5, 0.6) is 5.75 Å². The van der Waals surface area contributed by atoms with Gasteiger partial charge in [0, 0.05) is 12.4 Å². The topological polar surface area (TPSA) is 90.9 Å². The molecule has 3 aromatic rings. The van der Waals surface area contributed by atoms with E-state index in [4.69, 9.17) is 0 Å². The number of benzene rings is 1. The number of hydrogen-bond donors (Lipinski definition) is 2. The van der Waals surface area contributed by atoms with Crippen LogP contribution in [0, 0.1) is 11.3 Å². The first-order valence-corrected chi connectivity index (χ1v) is 7.32. The molecule has 0 aliphatic carbocycles. The first kappa shape index (κ1) is 17.3. The Morgan fingerprint density at radius 2 is 1.92 bits per heavy atom. The van der Waals surface area contributed by atoms with Crippen LogP contribution in [0.3, 0.4) is 0 Å². The Bertz CT molecular complexity index is 1110. The lowest BCUT2D eigenvalue weighted by atomic mass is 10.1. The minimum absolute atomic E-state index is 0.0698. The minimum Gasteiger partial charge on any atom is -0.506 e. The van der Waals surface area contributed by atoms with Crippen molar-refractivity contribution in [2.24, 2.45) is 0 Å². The van der Waals surface area contributed by atoms with Gasteiger partial charge in [0.2, 0.25) is 0 Å². The zero-order valence-electron chi connectivity index (χ0n) is 13.3. The number of anilines is 1. The smallest absolute Gasteiger partial charge is 0.433 e. The first-order valence-electron chi connectivity index (χ1n) is 7.32. The molecule has 2 aromatic heterocycles. The van der Waals surface area contributed by atoms with Gasteiger partial charge in [-0.1, -0.05) is 12.1 Å². The summed E-state index contributed by atoms with van der Waals surface area (Å²) in [5.41, 5.74) is -2.72. The number of halogens is 3. The van der Waals surface area contributed by atoms with Crippen LogP contribution in [0.15, 0.2) is 41.2 Å². The van der Waals surface area contributed by atoms with Crippen LogP contribution in [-0.2, 0) is 6.18 Å². The fourth-order valence-electron chi connectivity index (χ4n) is 2.66. The number of phenolic OH excluding ortho intramolecular Hbond substituents is 1. The highest BCUT2D eigenvalue weighted by atomic mass is 19.4. The molecule has 0 unspecified atom stereocenters. The molecule has 2 heterocycles. The summed E-state index contributed by atoms with van der Waals surface area (Å²) < 4.78 is 40.1. The van der Waals surface area contributed by atoms with E-state index in [2.05, 4.69) is 10.3 Å². The normalized spacial score (nSPS) is 11.3. The summed E-state index contributed by atoms with van der Waals surface area (Å²) in [6.07, 6.45) is -4.72. The predicted molar refractivity (Wildman–Crippen MR) is 88.3 cm³/mol. The third-order valence-electron chi connectivity index (χ3n) is 3.80. The molecule has 0 amide bonds. The number of hydrogen-bond acceptors (Lipinski definition) is 5. The van der Waals surface area contributed by atoms with E-state index in [1.54, 1.807) is 6.07 Å². The van der Waals surface area contributed by atoms with Gasteiger partial charge in [-0.25, -0.2) is 4.98 Å². The number of fused-ring (bicyclic) bond motifs is 1. The maximum atomic E-state index is 13.1. The van der Waals surface area contributed by atoms with Crippen molar-refractivity contribution < 1.29 is 18.3 Å². The van der Waals surface area contributed by atoms with Crippen molar-refractivity contribution in [1.82, 2.24) is 9.55 Å². The van der Waals surface area contributed by atoms with E-state index in [1.165, 1.54) is 31.3 Å². The van der Waals surface area contributed by atoms with Gasteiger partial charge in [0.15, 0.2) is 0 Å². The standard InChI is InChI=1S/C17H11F3N4O2/c1-22-14-9-6-7-13(17(18,19)20)23-15(9)24(16(26)10(14)8-21)11-4-2-3-5-12(11)25/h2-7,22,25H,1H3. The van der Waals surface area contributed by atoms with Crippen molar-refractivity contribution in [3.8, 4) is 17.5 Å². The lowest BCUT2D eigenvalue weighted by molar-refractivity contribution is -0.141. The van der Waals surface area contributed by atoms with Gasteiger partial charge in [0.25, 0.3) is 5.56 Å². The Morgan fingerprint density at radius 1 is 1.23 bits per heavy atom. The summed E-state index contributed by atoms with van der Waals surface area (Å²) in [6.45, 7) is 0. The summed E-state index contributed by atoms with van der Waals surface area (Å²) in [7, 11) is 1.44. The van der Waals surface area contributed by atoms with E-state index < -0.39 is 17.4 Å². The molecule has 132 valence electrons. The fraction of sp³-hybridized carbons (Fsp3) is 0.118. The molecule has 3 rings (SSSR count). The van der Waals surface area contributed by atoms with Crippen LogP contribution < -0.4 is 10.9 Å². The lowest BCUT2D eigenvalue weighted by Crippen LogP contribution is -2.24. The summed E-state index contributed by atoms with van der Waals surface area (Å²) in [6, 6.07) is 9.27. The zero-order valence-corrected chi connectivity index (χ0v) is 13.3. The zero-order chi connectivity index (χ0) is 19.1. The Kier molecular flexibility index (Phi) is 4.04. The highest BCUT2D eigenvalue weighted by Gasteiger charge is 2.33. The highest BCUT2D eigenvalue weighted by molar-refractivity contribution is 5.93. The Balaban J connectivity index is 2.57. The van der Waals surface area contributed by atoms with Crippen molar-refractivity contribution >= 4 is 16.7 Å². The van der Waals surface area contributed by atoms with Crippen molar-refractivity contribution in [3.63, 3.8) is 0 Å². The van der Waals surface area contributed by atoms with Crippen LogP contribution in [-0.4, -0.2) is 21.7 Å². The fourth-order valence-corrected chi connectivity index (χ4v) is 2.66. The van der Waals surface area contributed by atoms with Crippen molar-refractivity contribution in [2.75, 3.05) is 12.4 Å². The third-order valence-corrected chi connectivity index (χ3v) is 3.80. The predicted octanol–water partition coefficient (Wildman–Crippen LogP) is 3.02. The monoisotopic (exact) mass is 360 g/mol. The molecule has 0 fully saturated rings. The molecule has 0 aliphatic rings. The molecule has 0 spiro atoms. The molecular formula is C17H11F3N4O2. The van der Waals surface area contributed by atoms with Gasteiger partial charge in [-0.2, -0.15) is 18.4 Å². The van der Waals surface area contributed by atoms with E-state index in [-0.39, 0.29) is 33.7 Å². The first-order chi connectivity index (χ1) is 12.3. The van der Waals surface area contributed by atoms with Crippen molar-refractivity contribution in [1.29, 1.82) is 5.26 Å². The molecule has 0 atom stereocenters. The molecule has 2 N–H and O–H groups in total. The number of aromatic hydroxyl groups is 1. The minimum atomic E-state index is -4.72. The van der Waals surface area contributed by atoms with Crippen LogP contribution >= 0.6 is 0 Å². The van der Waals surface area contributed by atoms with E-state index in [0.717, 1.165) is 16.7 Å². The molecule has 0 radical (unpaired) electrons. The quantitative estimate of drug-likeness (QED) is 0.733. The number of nitrogens with one attached hydrogen (secondary N) is 1. The summed E-state index contributed by atoms with van der Waals surface area (Å²) in [4.78, 5) is 16.4.